The maximum absolute atomic E-state index is 11.8. The van der Waals surface area contributed by atoms with Crippen LogP contribution in [-0.2, 0) is 9.53 Å². The first-order valence-corrected chi connectivity index (χ1v) is 6.04. The second-order valence-corrected chi connectivity index (χ2v) is 5.78. The summed E-state index contributed by atoms with van der Waals surface area (Å²) >= 11 is 0. The molecule has 0 heterocycles. The molecule has 0 fully saturated rings. The highest BCUT2D eigenvalue weighted by Crippen LogP contribution is 2.10. The topological polar surface area (TPSA) is 84.7 Å². The number of nitrogens with zero attached hydrogens (tertiary/aromatic N) is 1. The molecule has 0 aliphatic rings. The third kappa shape index (κ3) is 7.11. The Morgan fingerprint density at radius 2 is 1.83 bits per heavy atom. The zero-order chi connectivity index (χ0) is 14.5. The summed E-state index contributed by atoms with van der Waals surface area (Å²) in [6, 6.07) is -0.658. The Kier molecular flexibility index (Phi) is 6.11. The van der Waals surface area contributed by atoms with Gasteiger partial charge in [0.25, 0.3) is 5.91 Å². The van der Waals surface area contributed by atoms with Crippen LogP contribution in [0.2, 0.25) is 0 Å². The highest BCUT2D eigenvalue weighted by atomic mass is 16.6. The standard InChI is InChI=1S/C12H25N3O3/c1-8(2)7-9(10(16)15(6)13)14-11(17)18-12(3,4)5/h8-9H,7,13H2,1-6H3,(H,14,17). The van der Waals surface area contributed by atoms with E-state index in [0.29, 0.717) is 6.42 Å². The Bertz CT molecular complexity index is 295. The van der Waals surface area contributed by atoms with Gasteiger partial charge in [0.15, 0.2) is 0 Å². The first kappa shape index (κ1) is 16.7. The SMILES string of the molecule is CC(C)CC(NC(=O)OC(C)(C)C)C(=O)N(C)N. The van der Waals surface area contributed by atoms with Crippen LogP contribution in [0.4, 0.5) is 4.79 Å². The summed E-state index contributed by atoms with van der Waals surface area (Å²) in [4.78, 5) is 23.4. The largest absolute Gasteiger partial charge is 0.444 e. The smallest absolute Gasteiger partial charge is 0.408 e. The Morgan fingerprint density at radius 3 is 2.17 bits per heavy atom. The van der Waals surface area contributed by atoms with Gasteiger partial charge >= 0.3 is 6.09 Å². The summed E-state index contributed by atoms with van der Waals surface area (Å²) in [5.74, 6) is 5.33. The van der Waals surface area contributed by atoms with E-state index in [2.05, 4.69) is 5.32 Å². The number of nitrogens with one attached hydrogen (secondary N) is 1. The van der Waals surface area contributed by atoms with Crippen molar-refractivity contribution in [2.45, 2.75) is 52.7 Å². The lowest BCUT2D eigenvalue weighted by Crippen LogP contribution is -2.51. The molecular formula is C12H25N3O3. The van der Waals surface area contributed by atoms with E-state index in [1.165, 1.54) is 7.05 Å². The van der Waals surface area contributed by atoms with Gasteiger partial charge in [-0.2, -0.15) is 0 Å². The van der Waals surface area contributed by atoms with Crippen LogP contribution in [0.25, 0.3) is 0 Å². The van der Waals surface area contributed by atoms with E-state index in [-0.39, 0.29) is 11.8 Å². The van der Waals surface area contributed by atoms with Gasteiger partial charge in [-0.25, -0.2) is 10.6 Å². The second-order valence-electron chi connectivity index (χ2n) is 5.78. The average Bonchev–Trinajstić information content (AvgIpc) is 2.11. The molecule has 1 atom stereocenters. The predicted molar refractivity (Wildman–Crippen MR) is 69.6 cm³/mol. The molecule has 0 saturated heterocycles. The molecule has 18 heavy (non-hydrogen) atoms. The van der Waals surface area contributed by atoms with Gasteiger partial charge in [-0.15, -0.1) is 0 Å². The molecule has 0 aromatic heterocycles. The average molecular weight is 259 g/mol. The van der Waals surface area contributed by atoms with Gasteiger partial charge in [0.1, 0.15) is 11.6 Å². The fourth-order valence-corrected chi connectivity index (χ4v) is 1.39. The van der Waals surface area contributed by atoms with Gasteiger partial charge in [-0.1, -0.05) is 13.8 Å². The van der Waals surface area contributed by atoms with Crippen LogP contribution in [0, 0.1) is 5.92 Å². The summed E-state index contributed by atoms with van der Waals surface area (Å²) in [6.07, 6.45) is -0.0945. The Balaban J connectivity index is 4.60. The number of hydrogen-bond acceptors (Lipinski definition) is 4. The van der Waals surface area contributed by atoms with E-state index in [0.717, 1.165) is 5.01 Å². The van der Waals surface area contributed by atoms with Crippen molar-refractivity contribution in [2.75, 3.05) is 7.05 Å². The number of carbonyl (C=O) groups is 2. The van der Waals surface area contributed by atoms with Crippen molar-refractivity contribution in [1.29, 1.82) is 0 Å². The van der Waals surface area contributed by atoms with Crippen molar-refractivity contribution in [3.63, 3.8) is 0 Å². The number of hydrogen-bond donors (Lipinski definition) is 2. The van der Waals surface area contributed by atoms with Crippen molar-refractivity contribution in [3.8, 4) is 0 Å². The van der Waals surface area contributed by atoms with E-state index in [1.54, 1.807) is 20.8 Å². The van der Waals surface area contributed by atoms with Crippen molar-refractivity contribution in [2.24, 2.45) is 11.8 Å². The normalized spacial score (nSPS) is 13.1. The van der Waals surface area contributed by atoms with Crippen LogP contribution < -0.4 is 11.2 Å². The quantitative estimate of drug-likeness (QED) is 0.452. The first-order chi connectivity index (χ1) is 8.03. The van der Waals surface area contributed by atoms with E-state index in [4.69, 9.17) is 10.6 Å². The van der Waals surface area contributed by atoms with Crippen molar-refractivity contribution in [3.05, 3.63) is 0 Å². The first-order valence-electron chi connectivity index (χ1n) is 6.04. The van der Waals surface area contributed by atoms with E-state index < -0.39 is 17.7 Å². The zero-order valence-electron chi connectivity index (χ0n) is 12.1. The van der Waals surface area contributed by atoms with Crippen molar-refractivity contribution >= 4 is 12.0 Å². The number of hydrazine groups is 1. The molecule has 0 spiro atoms. The number of alkyl carbamates (subject to hydrolysis) is 1. The van der Waals surface area contributed by atoms with Crippen LogP contribution >= 0.6 is 0 Å². The third-order valence-electron chi connectivity index (χ3n) is 2.04. The van der Waals surface area contributed by atoms with Gasteiger partial charge in [0, 0.05) is 7.05 Å². The van der Waals surface area contributed by atoms with Gasteiger partial charge in [-0.3, -0.25) is 9.80 Å². The minimum atomic E-state index is -0.658. The number of rotatable bonds is 4. The number of likely N-dealkylation sites (N-methyl/N-ethyl adjacent to an activating group) is 1. The number of carbonyl (C=O) groups excluding carboxylic acids is 2. The monoisotopic (exact) mass is 259 g/mol. The fourth-order valence-electron chi connectivity index (χ4n) is 1.39. The summed E-state index contributed by atoms with van der Waals surface area (Å²) in [5, 5.41) is 3.53. The lowest BCUT2D eigenvalue weighted by molar-refractivity contribution is -0.132. The molecule has 0 radical (unpaired) electrons. The van der Waals surface area contributed by atoms with Gasteiger partial charge < -0.3 is 10.1 Å². The van der Waals surface area contributed by atoms with Crippen LogP contribution in [0.3, 0.4) is 0 Å². The molecule has 0 rings (SSSR count). The molecular weight excluding hydrogens is 234 g/mol. The lowest BCUT2D eigenvalue weighted by Gasteiger charge is -2.25. The van der Waals surface area contributed by atoms with E-state index in [1.807, 2.05) is 13.8 Å². The number of nitrogens with two attached hydrogens (primary N) is 1. The molecule has 0 aliphatic heterocycles. The third-order valence-corrected chi connectivity index (χ3v) is 2.04. The minimum Gasteiger partial charge on any atom is -0.444 e. The highest BCUT2D eigenvalue weighted by Gasteiger charge is 2.26. The Hall–Kier alpha value is -1.30. The molecule has 0 aliphatic carbocycles. The molecule has 1 unspecified atom stereocenters. The summed E-state index contributed by atoms with van der Waals surface area (Å²) in [5.41, 5.74) is -0.593. The molecule has 0 aromatic rings. The predicted octanol–water partition coefficient (Wildman–Crippen LogP) is 1.26. The Morgan fingerprint density at radius 1 is 1.33 bits per heavy atom. The maximum atomic E-state index is 11.8. The molecule has 106 valence electrons. The zero-order valence-corrected chi connectivity index (χ0v) is 12.1. The molecule has 6 nitrogen and oxygen atoms in total. The van der Waals surface area contributed by atoms with Crippen LogP contribution in [-0.4, -0.2) is 35.7 Å². The minimum absolute atomic E-state index is 0.258. The van der Waals surface area contributed by atoms with Crippen LogP contribution in [0.15, 0.2) is 0 Å². The summed E-state index contributed by atoms with van der Waals surface area (Å²) in [6.45, 7) is 9.23. The molecule has 0 saturated carbocycles. The molecule has 0 aromatic carbocycles. The molecule has 2 amide bonds. The second kappa shape index (κ2) is 6.58. The maximum Gasteiger partial charge on any atom is 0.408 e. The molecule has 3 N–H and O–H groups in total. The van der Waals surface area contributed by atoms with Gasteiger partial charge in [0.2, 0.25) is 0 Å². The van der Waals surface area contributed by atoms with E-state index in [9.17, 15) is 9.59 Å². The van der Waals surface area contributed by atoms with Gasteiger partial charge in [0.05, 0.1) is 0 Å². The number of ether oxygens (including phenoxy) is 1. The van der Waals surface area contributed by atoms with Crippen LogP contribution in [0.5, 0.6) is 0 Å². The molecule has 0 bridgehead atoms. The van der Waals surface area contributed by atoms with Gasteiger partial charge in [-0.05, 0) is 33.1 Å². The highest BCUT2D eigenvalue weighted by molar-refractivity contribution is 5.85. The van der Waals surface area contributed by atoms with Crippen molar-refractivity contribution in [1.82, 2.24) is 10.3 Å². The summed E-state index contributed by atoms with van der Waals surface area (Å²) < 4.78 is 5.12. The fraction of sp³-hybridized carbons (Fsp3) is 0.833. The number of amides is 2. The van der Waals surface area contributed by atoms with Crippen molar-refractivity contribution < 1.29 is 14.3 Å². The van der Waals surface area contributed by atoms with E-state index >= 15 is 0 Å². The molecule has 6 heteroatoms. The van der Waals surface area contributed by atoms with Crippen LogP contribution in [0.1, 0.15) is 41.0 Å². The Labute approximate surface area is 109 Å². The lowest BCUT2D eigenvalue weighted by atomic mass is 10.0. The summed E-state index contributed by atoms with van der Waals surface area (Å²) in [7, 11) is 1.45.